The van der Waals surface area contributed by atoms with Gasteiger partial charge in [0.2, 0.25) is 10.0 Å². The lowest BCUT2D eigenvalue weighted by Crippen LogP contribution is -2.30. The number of fused-ring (bicyclic) bond motifs is 1. The zero-order valence-corrected chi connectivity index (χ0v) is 13.4. The maximum absolute atomic E-state index is 12.5. The molecule has 2 N–H and O–H groups in total. The van der Waals surface area contributed by atoms with Gasteiger partial charge in [-0.15, -0.1) is 0 Å². The van der Waals surface area contributed by atoms with E-state index in [0.717, 1.165) is 50.8 Å². The molecule has 2 aliphatic rings. The Morgan fingerprint density at radius 2 is 2.14 bits per heavy atom. The summed E-state index contributed by atoms with van der Waals surface area (Å²) in [5.41, 5.74) is 2.41. The second kappa shape index (κ2) is 5.61. The first-order valence-electron chi connectivity index (χ1n) is 7.91. The highest BCUT2D eigenvalue weighted by Crippen LogP contribution is 2.49. The third-order valence-corrected chi connectivity index (χ3v) is 6.10. The number of rotatable bonds is 6. The summed E-state index contributed by atoms with van der Waals surface area (Å²) >= 11 is 0. The molecule has 1 aromatic carbocycles. The molecule has 0 saturated heterocycles. The van der Waals surface area contributed by atoms with E-state index in [0.29, 0.717) is 11.4 Å². The Labute approximate surface area is 127 Å². The van der Waals surface area contributed by atoms with Crippen molar-refractivity contribution in [2.24, 2.45) is 5.41 Å². The minimum atomic E-state index is -3.40. The van der Waals surface area contributed by atoms with Gasteiger partial charge in [0.1, 0.15) is 0 Å². The molecule has 1 saturated carbocycles. The van der Waals surface area contributed by atoms with Crippen molar-refractivity contribution in [2.75, 3.05) is 18.4 Å². The SMILES string of the molecule is CCCC1(CNS(=O)(=O)c2ccc3c(c2)NCCC3)CC1. The van der Waals surface area contributed by atoms with Gasteiger partial charge in [-0.25, -0.2) is 13.1 Å². The molecule has 0 bridgehead atoms. The molecule has 116 valence electrons. The van der Waals surface area contributed by atoms with Crippen molar-refractivity contribution in [1.82, 2.24) is 4.72 Å². The van der Waals surface area contributed by atoms with Crippen LogP contribution in [0.4, 0.5) is 5.69 Å². The van der Waals surface area contributed by atoms with Crippen molar-refractivity contribution in [1.29, 1.82) is 0 Å². The molecule has 1 aliphatic heterocycles. The van der Waals surface area contributed by atoms with Crippen molar-refractivity contribution >= 4 is 15.7 Å². The molecule has 5 heteroatoms. The molecule has 0 aromatic heterocycles. The third-order valence-electron chi connectivity index (χ3n) is 4.70. The Morgan fingerprint density at radius 1 is 1.33 bits per heavy atom. The van der Waals surface area contributed by atoms with Crippen LogP contribution in [0, 0.1) is 5.41 Å². The van der Waals surface area contributed by atoms with Crippen LogP contribution in [0.3, 0.4) is 0 Å². The van der Waals surface area contributed by atoms with E-state index in [2.05, 4.69) is 17.0 Å². The van der Waals surface area contributed by atoms with Gasteiger partial charge >= 0.3 is 0 Å². The first-order valence-corrected chi connectivity index (χ1v) is 9.39. The summed E-state index contributed by atoms with van der Waals surface area (Å²) in [6.07, 6.45) is 6.66. The van der Waals surface area contributed by atoms with Gasteiger partial charge < -0.3 is 5.32 Å². The monoisotopic (exact) mass is 308 g/mol. The van der Waals surface area contributed by atoms with E-state index in [1.54, 1.807) is 12.1 Å². The van der Waals surface area contributed by atoms with E-state index < -0.39 is 10.0 Å². The molecule has 0 radical (unpaired) electrons. The standard InChI is InChI=1S/C16H24N2O2S/c1-2-7-16(8-9-16)12-18-21(19,20)14-6-5-13-4-3-10-17-15(13)11-14/h5-6,11,17-18H,2-4,7-10,12H2,1H3. The maximum atomic E-state index is 12.5. The first kappa shape index (κ1) is 14.9. The molecule has 0 amide bonds. The van der Waals surface area contributed by atoms with Crippen molar-refractivity contribution in [2.45, 2.75) is 50.3 Å². The summed E-state index contributed by atoms with van der Waals surface area (Å²) in [6, 6.07) is 5.44. The predicted molar refractivity (Wildman–Crippen MR) is 85.0 cm³/mol. The lowest BCUT2D eigenvalue weighted by molar-refractivity contribution is 0.449. The van der Waals surface area contributed by atoms with Crippen LogP contribution in [0.25, 0.3) is 0 Å². The fraction of sp³-hybridized carbons (Fsp3) is 0.625. The van der Waals surface area contributed by atoms with E-state index in [4.69, 9.17) is 0 Å². The van der Waals surface area contributed by atoms with Crippen LogP contribution in [0.15, 0.2) is 23.1 Å². The highest BCUT2D eigenvalue weighted by molar-refractivity contribution is 7.89. The van der Waals surface area contributed by atoms with Crippen molar-refractivity contribution in [3.8, 4) is 0 Å². The Hall–Kier alpha value is -1.07. The van der Waals surface area contributed by atoms with Crippen LogP contribution in [0.5, 0.6) is 0 Å². The van der Waals surface area contributed by atoms with Gasteiger partial charge in [-0.3, -0.25) is 0 Å². The largest absolute Gasteiger partial charge is 0.385 e. The summed E-state index contributed by atoms with van der Waals surface area (Å²) in [4.78, 5) is 0.378. The Balaban J connectivity index is 1.73. The highest BCUT2D eigenvalue weighted by Gasteiger charge is 2.42. The molecule has 1 heterocycles. The molecule has 0 unspecified atom stereocenters. The minimum absolute atomic E-state index is 0.230. The number of benzene rings is 1. The maximum Gasteiger partial charge on any atom is 0.240 e. The average Bonchev–Trinajstić information content (AvgIpc) is 3.25. The molecular formula is C16H24N2O2S. The van der Waals surface area contributed by atoms with Crippen LogP contribution in [0.1, 0.15) is 44.6 Å². The zero-order valence-electron chi connectivity index (χ0n) is 12.6. The Bertz CT molecular complexity index is 621. The number of hydrogen-bond acceptors (Lipinski definition) is 3. The minimum Gasteiger partial charge on any atom is -0.385 e. The Kier molecular flexibility index (Phi) is 3.97. The molecule has 1 aliphatic carbocycles. The van der Waals surface area contributed by atoms with Crippen LogP contribution in [0.2, 0.25) is 0 Å². The van der Waals surface area contributed by atoms with E-state index in [9.17, 15) is 8.42 Å². The van der Waals surface area contributed by atoms with Gasteiger partial charge in [0, 0.05) is 18.8 Å². The number of nitrogens with one attached hydrogen (secondary N) is 2. The van der Waals surface area contributed by atoms with Crippen LogP contribution in [-0.2, 0) is 16.4 Å². The Morgan fingerprint density at radius 3 is 2.86 bits per heavy atom. The lowest BCUT2D eigenvalue weighted by atomic mass is 10.0. The third kappa shape index (κ3) is 3.24. The number of sulfonamides is 1. The summed E-state index contributed by atoms with van der Waals surface area (Å²) in [7, 11) is -3.40. The van der Waals surface area contributed by atoms with Gasteiger partial charge in [-0.05, 0) is 55.2 Å². The van der Waals surface area contributed by atoms with Crippen molar-refractivity contribution in [3.05, 3.63) is 23.8 Å². The van der Waals surface area contributed by atoms with E-state index in [1.807, 2.05) is 6.07 Å². The fourth-order valence-corrected chi connectivity index (χ4v) is 4.34. The predicted octanol–water partition coefficient (Wildman–Crippen LogP) is 2.90. The van der Waals surface area contributed by atoms with Gasteiger partial charge in [0.05, 0.1) is 4.90 Å². The molecule has 0 atom stereocenters. The van der Waals surface area contributed by atoms with E-state index >= 15 is 0 Å². The van der Waals surface area contributed by atoms with E-state index in [1.165, 1.54) is 5.56 Å². The summed E-state index contributed by atoms with van der Waals surface area (Å²) in [5.74, 6) is 0. The molecule has 1 aromatic rings. The molecule has 0 spiro atoms. The average molecular weight is 308 g/mol. The first-order chi connectivity index (χ1) is 10.0. The number of anilines is 1. The molecular weight excluding hydrogens is 284 g/mol. The summed E-state index contributed by atoms with van der Waals surface area (Å²) in [5, 5.41) is 3.29. The van der Waals surface area contributed by atoms with Crippen molar-refractivity contribution in [3.63, 3.8) is 0 Å². The normalized spacial score (nSPS) is 19.7. The van der Waals surface area contributed by atoms with E-state index in [-0.39, 0.29) is 5.41 Å². The van der Waals surface area contributed by atoms with Crippen LogP contribution >= 0.6 is 0 Å². The molecule has 3 rings (SSSR count). The number of aryl methyl sites for hydroxylation is 1. The quantitative estimate of drug-likeness (QED) is 0.849. The topological polar surface area (TPSA) is 58.2 Å². The number of hydrogen-bond donors (Lipinski definition) is 2. The zero-order chi connectivity index (χ0) is 14.9. The van der Waals surface area contributed by atoms with Crippen LogP contribution < -0.4 is 10.0 Å². The van der Waals surface area contributed by atoms with Gasteiger partial charge in [-0.1, -0.05) is 19.4 Å². The lowest BCUT2D eigenvalue weighted by Gasteiger charge is -2.19. The summed E-state index contributed by atoms with van der Waals surface area (Å²) in [6.45, 7) is 3.65. The van der Waals surface area contributed by atoms with Gasteiger partial charge in [0.25, 0.3) is 0 Å². The molecule has 21 heavy (non-hydrogen) atoms. The van der Waals surface area contributed by atoms with Crippen molar-refractivity contribution < 1.29 is 8.42 Å². The second-order valence-corrected chi connectivity index (χ2v) is 8.19. The fourth-order valence-electron chi connectivity index (χ4n) is 3.16. The van der Waals surface area contributed by atoms with Gasteiger partial charge in [0.15, 0.2) is 0 Å². The smallest absolute Gasteiger partial charge is 0.240 e. The second-order valence-electron chi connectivity index (χ2n) is 6.42. The summed E-state index contributed by atoms with van der Waals surface area (Å²) < 4.78 is 27.7. The van der Waals surface area contributed by atoms with Gasteiger partial charge in [-0.2, -0.15) is 0 Å². The molecule has 1 fully saturated rings. The van der Waals surface area contributed by atoms with Crippen LogP contribution in [-0.4, -0.2) is 21.5 Å². The molecule has 4 nitrogen and oxygen atoms in total. The highest BCUT2D eigenvalue weighted by atomic mass is 32.2.